The van der Waals surface area contributed by atoms with Gasteiger partial charge in [-0.05, 0) is 23.8 Å². The minimum Gasteiger partial charge on any atom is -0.352 e. The van der Waals surface area contributed by atoms with Crippen molar-refractivity contribution in [1.29, 1.82) is 0 Å². The number of benzene rings is 1. The van der Waals surface area contributed by atoms with Crippen molar-refractivity contribution >= 4 is 15.1 Å². The molecule has 0 fully saturated rings. The van der Waals surface area contributed by atoms with Crippen molar-refractivity contribution in [2.24, 2.45) is 0 Å². The van der Waals surface area contributed by atoms with Gasteiger partial charge in [0, 0.05) is 11.8 Å². The first kappa shape index (κ1) is 17.4. The van der Waals surface area contributed by atoms with Gasteiger partial charge in [0.05, 0.1) is 12.3 Å². The fourth-order valence-electron chi connectivity index (χ4n) is 1.57. The first-order chi connectivity index (χ1) is 10.2. The summed E-state index contributed by atoms with van der Waals surface area (Å²) in [6.45, 7) is 8.29. The molecule has 1 unspecified atom stereocenters. The monoisotopic (exact) mass is 304 g/mol. The highest BCUT2D eigenvalue weighted by molar-refractivity contribution is 7.24. The molecule has 1 heterocycles. The maximum absolute atomic E-state index is 8.66. The molecule has 0 radical (unpaired) electrons. The lowest BCUT2D eigenvalue weighted by Crippen LogP contribution is -1.91. The van der Waals surface area contributed by atoms with Crippen molar-refractivity contribution in [2.75, 3.05) is 0 Å². The van der Waals surface area contributed by atoms with E-state index in [4.69, 9.17) is 9.42 Å². The van der Waals surface area contributed by atoms with Crippen LogP contribution in [0, 0.1) is 0 Å². The van der Waals surface area contributed by atoms with Crippen molar-refractivity contribution in [3.05, 3.63) is 54.5 Å². The number of hydrogen-bond acceptors (Lipinski definition) is 4. The Morgan fingerprint density at radius 2 is 2.10 bits per heavy atom. The number of hydrogen-bond donors (Lipinski definition) is 1. The fourth-order valence-corrected chi connectivity index (χ4v) is 1.80. The van der Waals surface area contributed by atoms with Crippen LogP contribution < -0.4 is 0 Å². The van der Waals surface area contributed by atoms with Gasteiger partial charge < -0.3 is 9.42 Å². The van der Waals surface area contributed by atoms with E-state index in [1.807, 2.05) is 30.3 Å². The summed E-state index contributed by atoms with van der Waals surface area (Å²) in [5.41, 5.74) is 2.82. The van der Waals surface area contributed by atoms with Crippen LogP contribution in [0.3, 0.4) is 0 Å². The van der Waals surface area contributed by atoms with Gasteiger partial charge in [-0.1, -0.05) is 45.0 Å². The maximum atomic E-state index is 8.66. The molecule has 2 rings (SSSR count). The molecule has 1 N–H and O–H groups in total. The second-order valence-electron chi connectivity index (χ2n) is 4.29. The van der Waals surface area contributed by atoms with Gasteiger partial charge in [0.2, 0.25) is 0 Å². The third kappa shape index (κ3) is 6.13. The highest BCUT2D eigenvalue weighted by Gasteiger charge is 2.02. The van der Waals surface area contributed by atoms with Gasteiger partial charge in [-0.15, -0.1) is 0 Å². The Kier molecular flexibility index (Phi) is 8.44. The van der Waals surface area contributed by atoms with Crippen LogP contribution in [0.25, 0.3) is 17.3 Å². The average Bonchev–Trinajstić information content (AvgIpc) is 2.54. The van der Waals surface area contributed by atoms with Crippen molar-refractivity contribution < 1.29 is 9.42 Å². The van der Waals surface area contributed by atoms with Gasteiger partial charge in [0.15, 0.2) is 14.9 Å². The molecule has 4 nitrogen and oxygen atoms in total. The molecular weight excluding hydrogens is 283 g/mol. The Morgan fingerprint density at radius 3 is 2.76 bits per heavy atom. The van der Waals surface area contributed by atoms with Gasteiger partial charge in [-0.25, -0.2) is 9.97 Å². The first-order valence-corrected chi connectivity index (χ1v) is 7.66. The zero-order valence-electron chi connectivity index (χ0n) is 12.4. The largest absolute Gasteiger partial charge is 0.352 e. The van der Waals surface area contributed by atoms with Crippen LogP contribution in [-0.2, 0) is 11.1 Å². The van der Waals surface area contributed by atoms with E-state index in [-0.39, 0.29) is 0 Å². The van der Waals surface area contributed by atoms with Crippen LogP contribution in [0.2, 0.25) is 0 Å². The van der Waals surface area contributed by atoms with E-state index in [1.54, 1.807) is 12.3 Å². The number of aromatic nitrogens is 2. The Bertz CT molecular complexity index is 561. The molecule has 0 spiro atoms. The van der Waals surface area contributed by atoms with Crippen LogP contribution in [0.4, 0.5) is 0 Å². The topological polar surface area (TPSA) is 55.2 Å². The van der Waals surface area contributed by atoms with E-state index in [0.717, 1.165) is 16.8 Å². The standard InChI is InChI=1S/C13H13N2O2P.C3H8/c1-2-13-14-7-6-12(15-13)11-5-3-4-10(8-11)9-17-18-16;1-3-2/h2-8,16,18H,1,9H2;3H2,1-2H3. The quantitative estimate of drug-likeness (QED) is 0.840. The molecule has 112 valence electrons. The summed E-state index contributed by atoms with van der Waals surface area (Å²) in [5, 5.41) is 0. The van der Waals surface area contributed by atoms with E-state index < -0.39 is 9.03 Å². The Morgan fingerprint density at radius 1 is 1.33 bits per heavy atom. The van der Waals surface area contributed by atoms with Gasteiger partial charge >= 0.3 is 0 Å². The smallest absolute Gasteiger partial charge is 0.152 e. The fraction of sp³-hybridized carbons (Fsp3) is 0.250. The Hall–Kier alpha value is -1.61. The predicted molar refractivity (Wildman–Crippen MR) is 88.8 cm³/mol. The minimum absolute atomic E-state index is 0.391. The lowest BCUT2D eigenvalue weighted by Gasteiger charge is -2.05. The van der Waals surface area contributed by atoms with Crippen molar-refractivity contribution in [2.45, 2.75) is 26.9 Å². The highest BCUT2D eigenvalue weighted by atomic mass is 31.1. The normalized spacial score (nSPS) is 10.2. The van der Waals surface area contributed by atoms with Crippen LogP contribution in [0.5, 0.6) is 0 Å². The summed E-state index contributed by atoms with van der Waals surface area (Å²) in [6.07, 6.45) is 4.57. The zero-order chi connectivity index (χ0) is 15.5. The summed E-state index contributed by atoms with van der Waals surface area (Å²) in [6, 6.07) is 9.68. The van der Waals surface area contributed by atoms with E-state index in [0.29, 0.717) is 12.4 Å². The molecule has 0 aliphatic carbocycles. The summed E-state index contributed by atoms with van der Waals surface area (Å²) >= 11 is 0. The van der Waals surface area contributed by atoms with Crippen LogP contribution in [0.1, 0.15) is 31.7 Å². The molecule has 0 saturated carbocycles. The number of nitrogens with zero attached hydrogens (tertiary/aromatic N) is 2. The summed E-state index contributed by atoms with van der Waals surface area (Å²) in [5.74, 6) is 0.603. The van der Waals surface area contributed by atoms with Crippen LogP contribution in [0.15, 0.2) is 43.1 Å². The molecule has 0 bridgehead atoms. The molecule has 5 heteroatoms. The Balaban J connectivity index is 0.000000677. The molecule has 1 aromatic heterocycles. The summed E-state index contributed by atoms with van der Waals surface area (Å²) < 4.78 is 4.99. The molecule has 0 amide bonds. The molecular formula is C16H21N2O2P. The minimum atomic E-state index is -0.494. The molecule has 0 saturated heterocycles. The predicted octanol–water partition coefficient (Wildman–Crippen LogP) is 4.22. The van der Waals surface area contributed by atoms with Crippen molar-refractivity contribution in [1.82, 2.24) is 9.97 Å². The molecule has 2 aromatic rings. The van der Waals surface area contributed by atoms with E-state index in [2.05, 4.69) is 30.4 Å². The third-order valence-corrected chi connectivity index (χ3v) is 2.66. The molecule has 0 aliphatic heterocycles. The van der Waals surface area contributed by atoms with Crippen LogP contribution in [-0.4, -0.2) is 14.9 Å². The van der Waals surface area contributed by atoms with E-state index in [1.165, 1.54) is 6.42 Å². The third-order valence-electron chi connectivity index (χ3n) is 2.38. The zero-order valence-corrected chi connectivity index (χ0v) is 13.4. The second kappa shape index (κ2) is 10.2. The van der Waals surface area contributed by atoms with Crippen molar-refractivity contribution in [3.63, 3.8) is 0 Å². The summed E-state index contributed by atoms with van der Waals surface area (Å²) in [7, 11) is -0.494. The number of rotatable bonds is 5. The van der Waals surface area contributed by atoms with Crippen LogP contribution >= 0.6 is 9.03 Å². The van der Waals surface area contributed by atoms with E-state index in [9.17, 15) is 0 Å². The molecule has 1 aromatic carbocycles. The molecule has 1 atom stereocenters. The highest BCUT2D eigenvalue weighted by Crippen LogP contribution is 2.20. The van der Waals surface area contributed by atoms with E-state index >= 15 is 0 Å². The van der Waals surface area contributed by atoms with Gasteiger partial charge in [-0.2, -0.15) is 0 Å². The Labute approximate surface area is 127 Å². The van der Waals surface area contributed by atoms with Gasteiger partial charge in [0.1, 0.15) is 0 Å². The lowest BCUT2D eigenvalue weighted by molar-refractivity contribution is 0.316. The van der Waals surface area contributed by atoms with Gasteiger partial charge in [0.25, 0.3) is 0 Å². The van der Waals surface area contributed by atoms with Gasteiger partial charge in [-0.3, -0.25) is 0 Å². The molecule has 21 heavy (non-hydrogen) atoms. The SMILES string of the molecule is C=Cc1nccc(-c2cccc(COPO)c2)n1.CCC. The van der Waals surface area contributed by atoms with Crippen molar-refractivity contribution in [3.8, 4) is 11.3 Å². The first-order valence-electron chi connectivity index (χ1n) is 6.80. The average molecular weight is 304 g/mol. The maximum Gasteiger partial charge on any atom is 0.152 e. The lowest BCUT2D eigenvalue weighted by atomic mass is 10.1. The summed E-state index contributed by atoms with van der Waals surface area (Å²) in [4.78, 5) is 17.1. The second-order valence-corrected chi connectivity index (χ2v) is 4.76. The molecule has 0 aliphatic rings.